The molecule has 222 valence electrons. The number of benzene rings is 2. The Labute approximate surface area is 250 Å². The number of amides is 1. The molecule has 0 bridgehead atoms. The number of nitrogens with zero attached hydrogens (tertiary/aromatic N) is 3. The van der Waals surface area contributed by atoms with Gasteiger partial charge in [0.2, 0.25) is 15.9 Å². The Morgan fingerprint density at radius 2 is 1.71 bits per heavy atom. The molecule has 0 unspecified atom stereocenters. The summed E-state index contributed by atoms with van der Waals surface area (Å²) in [5, 5.41) is 0.702. The zero-order chi connectivity index (χ0) is 29.6. The third kappa shape index (κ3) is 7.60. The monoisotopic (exact) mass is 599 g/mol. The second kappa shape index (κ2) is 14.0. The standard InChI is InChI=1S/C32H42ClN3O4S/c1-24-19-25(2)32(26(3)20-24)41(38,39)35(17-18-40-4)23-31(37)36(28-12-6-5-7-13-28)22-29-14-10-16-34(29)21-27-11-8-9-15-30(27)33/h8-11,14-16,19-20,28H,5-7,12-13,17-18,21-23H2,1-4H3. The van der Waals surface area contributed by atoms with Gasteiger partial charge in [0, 0.05) is 43.2 Å². The van der Waals surface area contributed by atoms with Crippen LogP contribution in [0.15, 0.2) is 59.6 Å². The predicted octanol–water partition coefficient (Wildman–Crippen LogP) is 6.11. The summed E-state index contributed by atoms with van der Waals surface area (Å²) in [7, 11) is -2.40. The number of aryl methyl sites for hydroxylation is 3. The Morgan fingerprint density at radius 3 is 2.37 bits per heavy atom. The highest BCUT2D eigenvalue weighted by molar-refractivity contribution is 7.89. The van der Waals surface area contributed by atoms with Gasteiger partial charge in [0.25, 0.3) is 0 Å². The number of aromatic nitrogens is 1. The zero-order valence-corrected chi connectivity index (χ0v) is 26.2. The highest BCUT2D eigenvalue weighted by atomic mass is 35.5. The fourth-order valence-corrected chi connectivity index (χ4v) is 7.95. The van der Waals surface area contributed by atoms with E-state index in [1.54, 1.807) is 0 Å². The maximum atomic E-state index is 14.1. The van der Waals surface area contributed by atoms with Crippen molar-refractivity contribution in [2.75, 3.05) is 26.8 Å². The van der Waals surface area contributed by atoms with Gasteiger partial charge in [-0.2, -0.15) is 4.31 Å². The molecule has 1 fully saturated rings. The molecule has 0 atom stereocenters. The molecule has 41 heavy (non-hydrogen) atoms. The van der Waals surface area contributed by atoms with Gasteiger partial charge < -0.3 is 14.2 Å². The van der Waals surface area contributed by atoms with Gasteiger partial charge in [-0.05, 0) is 68.5 Å². The molecule has 1 aliphatic carbocycles. The van der Waals surface area contributed by atoms with Crippen LogP contribution in [-0.2, 0) is 32.6 Å². The first-order valence-corrected chi connectivity index (χ1v) is 16.2. The summed E-state index contributed by atoms with van der Waals surface area (Å²) in [6, 6.07) is 15.6. The first-order chi connectivity index (χ1) is 19.6. The van der Waals surface area contributed by atoms with Crippen LogP contribution < -0.4 is 0 Å². The summed E-state index contributed by atoms with van der Waals surface area (Å²) in [4.78, 5) is 16.3. The van der Waals surface area contributed by atoms with E-state index in [1.165, 1.54) is 11.4 Å². The number of ether oxygens (including phenoxy) is 1. The minimum atomic E-state index is -3.94. The predicted molar refractivity (Wildman–Crippen MR) is 164 cm³/mol. The van der Waals surface area contributed by atoms with Gasteiger partial charge in [-0.15, -0.1) is 0 Å². The molecule has 0 aliphatic heterocycles. The van der Waals surface area contributed by atoms with E-state index in [-0.39, 0.29) is 36.5 Å². The molecule has 1 aliphatic rings. The molecule has 1 aromatic heterocycles. The van der Waals surface area contributed by atoms with Crippen molar-refractivity contribution in [3.8, 4) is 0 Å². The van der Waals surface area contributed by atoms with Crippen LogP contribution in [0.1, 0.15) is 60.1 Å². The third-order valence-corrected chi connectivity index (χ3v) is 10.5. The lowest BCUT2D eigenvalue weighted by Gasteiger charge is -2.36. The second-order valence-corrected chi connectivity index (χ2v) is 13.4. The molecular weight excluding hydrogens is 558 g/mol. The van der Waals surface area contributed by atoms with Crippen LogP contribution in [0.4, 0.5) is 0 Å². The smallest absolute Gasteiger partial charge is 0.244 e. The van der Waals surface area contributed by atoms with Crippen LogP contribution in [0.3, 0.4) is 0 Å². The van der Waals surface area contributed by atoms with Crippen molar-refractivity contribution in [3.63, 3.8) is 0 Å². The molecule has 0 N–H and O–H groups in total. The van der Waals surface area contributed by atoms with Gasteiger partial charge in [-0.25, -0.2) is 8.42 Å². The molecule has 1 heterocycles. The van der Waals surface area contributed by atoms with Gasteiger partial charge in [-0.3, -0.25) is 4.79 Å². The maximum Gasteiger partial charge on any atom is 0.244 e. The van der Waals surface area contributed by atoms with Gasteiger partial charge in [0.15, 0.2) is 0 Å². The number of hydrogen-bond donors (Lipinski definition) is 0. The van der Waals surface area contributed by atoms with Crippen molar-refractivity contribution in [2.45, 2.75) is 76.9 Å². The van der Waals surface area contributed by atoms with E-state index >= 15 is 0 Å². The molecular formula is C32H42ClN3O4S. The largest absolute Gasteiger partial charge is 0.383 e. The van der Waals surface area contributed by atoms with Gasteiger partial charge in [-0.1, -0.05) is 66.8 Å². The van der Waals surface area contributed by atoms with Crippen molar-refractivity contribution < 1.29 is 17.9 Å². The highest BCUT2D eigenvalue weighted by Gasteiger charge is 2.33. The van der Waals surface area contributed by atoms with Gasteiger partial charge in [0.05, 0.1) is 24.6 Å². The van der Waals surface area contributed by atoms with Crippen molar-refractivity contribution in [1.82, 2.24) is 13.8 Å². The number of methoxy groups -OCH3 is 1. The number of rotatable bonds is 12. The average Bonchev–Trinajstić information content (AvgIpc) is 3.37. The molecule has 7 nitrogen and oxygen atoms in total. The molecule has 1 amide bonds. The summed E-state index contributed by atoms with van der Waals surface area (Å²) in [5.74, 6) is -0.190. The number of carbonyl (C=O) groups excluding carboxylic acids is 1. The Morgan fingerprint density at radius 1 is 1.02 bits per heavy atom. The summed E-state index contributed by atoms with van der Waals surface area (Å²) in [6.07, 6.45) is 7.10. The van der Waals surface area contributed by atoms with Crippen LogP contribution >= 0.6 is 11.6 Å². The summed E-state index contributed by atoms with van der Waals surface area (Å²) in [6.45, 7) is 6.62. The Hall–Kier alpha value is -2.65. The van der Waals surface area contributed by atoms with E-state index in [0.717, 1.165) is 48.9 Å². The lowest BCUT2D eigenvalue weighted by atomic mass is 9.94. The lowest BCUT2D eigenvalue weighted by molar-refractivity contribution is -0.135. The molecule has 3 aromatic rings. The molecule has 4 rings (SSSR count). The lowest BCUT2D eigenvalue weighted by Crippen LogP contribution is -2.48. The summed E-state index contributed by atoms with van der Waals surface area (Å²) >= 11 is 6.44. The molecule has 0 spiro atoms. The Balaban J connectivity index is 1.63. The first-order valence-electron chi connectivity index (χ1n) is 14.4. The van der Waals surface area contributed by atoms with Crippen LogP contribution in [0.25, 0.3) is 0 Å². The summed E-state index contributed by atoms with van der Waals surface area (Å²) in [5.41, 5.74) is 4.35. The third-order valence-electron chi connectivity index (χ3n) is 7.95. The minimum absolute atomic E-state index is 0.0646. The van der Waals surface area contributed by atoms with E-state index in [2.05, 4.69) is 4.57 Å². The number of carbonyl (C=O) groups is 1. The van der Waals surface area contributed by atoms with Crippen LogP contribution in [0.2, 0.25) is 5.02 Å². The van der Waals surface area contributed by atoms with Crippen LogP contribution in [-0.4, -0.2) is 60.9 Å². The van der Waals surface area contributed by atoms with Crippen molar-refractivity contribution >= 4 is 27.5 Å². The SMILES string of the molecule is COCCN(CC(=O)N(Cc1cccn1Cc1ccccc1Cl)C1CCCCC1)S(=O)(=O)c1c(C)cc(C)cc1C. The van der Waals surface area contributed by atoms with Crippen molar-refractivity contribution in [3.05, 3.63) is 87.7 Å². The summed E-state index contributed by atoms with van der Waals surface area (Å²) < 4.78 is 36.7. The van der Waals surface area contributed by atoms with E-state index in [4.69, 9.17) is 16.3 Å². The topological polar surface area (TPSA) is 71.8 Å². The maximum absolute atomic E-state index is 14.1. The average molecular weight is 600 g/mol. The quantitative estimate of drug-likeness (QED) is 0.252. The normalized spacial score (nSPS) is 14.5. The fraction of sp³-hybridized carbons (Fsp3) is 0.469. The van der Waals surface area contributed by atoms with E-state index < -0.39 is 10.0 Å². The Bertz CT molecular complexity index is 1420. The van der Waals surface area contributed by atoms with Crippen molar-refractivity contribution in [2.24, 2.45) is 0 Å². The Kier molecular flexibility index (Phi) is 10.7. The minimum Gasteiger partial charge on any atom is -0.383 e. The zero-order valence-electron chi connectivity index (χ0n) is 24.6. The molecule has 1 saturated carbocycles. The van der Waals surface area contributed by atoms with E-state index in [9.17, 15) is 13.2 Å². The molecule has 2 aromatic carbocycles. The number of halogens is 1. The second-order valence-electron chi connectivity index (χ2n) is 11.1. The van der Waals surface area contributed by atoms with E-state index in [1.807, 2.05) is 80.4 Å². The van der Waals surface area contributed by atoms with Crippen LogP contribution in [0.5, 0.6) is 0 Å². The molecule has 9 heteroatoms. The van der Waals surface area contributed by atoms with Gasteiger partial charge in [0.1, 0.15) is 0 Å². The molecule has 0 saturated heterocycles. The van der Waals surface area contributed by atoms with Crippen LogP contribution in [0, 0.1) is 20.8 Å². The highest BCUT2D eigenvalue weighted by Crippen LogP contribution is 2.28. The van der Waals surface area contributed by atoms with Crippen molar-refractivity contribution in [1.29, 1.82) is 0 Å². The number of hydrogen-bond acceptors (Lipinski definition) is 4. The first kappa shape index (κ1) is 31.3. The molecule has 0 radical (unpaired) electrons. The van der Waals surface area contributed by atoms with Gasteiger partial charge >= 0.3 is 0 Å². The van der Waals surface area contributed by atoms with E-state index in [0.29, 0.717) is 29.2 Å². The fourth-order valence-electron chi connectivity index (χ4n) is 5.97. The number of sulfonamides is 1.